The van der Waals surface area contributed by atoms with Crippen molar-refractivity contribution in [2.75, 3.05) is 7.11 Å². The number of imide groups is 1. The highest BCUT2D eigenvalue weighted by Gasteiger charge is 2.34. The molecule has 3 aromatic rings. The molecule has 32 heavy (non-hydrogen) atoms. The molecule has 1 fully saturated rings. The zero-order valence-corrected chi connectivity index (χ0v) is 17.3. The van der Waals surface area contributed by atoms with Gasteiger partial charge < -0.3 is 14.5 Å². The Morgan fingerprint density at radius 1 is 1.12 bits per heavy atom. The van der Waals surface area contributed by atoms with Crippen LogP contribution >= 0.6 is 0 Å². The van der Waals surface area contributed by atoms with Crippen LogP contribution in [0.2, 0.25) is 0 Å². The Labute approximate surface area is 183 Å². The van der Waals surface area contributed by atoms with E-state index in [-0.39, 0.29) is 17.8 Å². The predicted octanol–water partition coefficient (Wildman–Crippen LogP) is 4.27. The van der Waals surface area contributed by atoms with Crippen molar-refractivity contribution in [2.45, 2.75) is 13.5 Å². The first-order chi connectivity index (χ1) is 15.4. The van der Waals surface area contributed by atoms with Crippen molar-refractivity contribution < 1.29 is 27.9 Å². The highest BCUT2D eigenvalue weighted by Crippen LogP contribution is 2.29. The summed E-state index contributed by atoms with van der Waals surface area (Å²) >= 11 is 0. The summed E-state index contributed by atoms with van der Waals surface area (Å²) in [4.78, 5) is 37.8. The van der Waals surface area contributed by atoms with Gasteiger partial charge in [0.15, 0.2) is 0 Å². The highest BCUT2D eigenvalue weighted by atomic mass is 19.1. The highest BCUT2D eigenvalue weighted by molar-refractivity contribution is 6.13. The Morgan fingerprint density at radius 3 is 2.66 bits per heavy atom. The van der Waals surface area contributed by atoms with Crippen LogP contribution in [0.1, 0.15) is 27.2 Å². The van der Waals surface area contributed by atoms with Crippen LogP contribution in [-0.4, -0.2) is 29.9 Å². The number of nitrogens with one attached hydrogen (secondary N) is 1. The zero-order valence-electron chi connectivity index (χ0n) is 17.3. The van der Waals surface area contributed by atoms with Gasteiger partial charge in [0, 0.05) is 17.2 Å². The second kappa shape index (κ2) is 8.50. The van der Waals surface area contributed by atoms with Gasteiger partial charge in [-0.05, 0) is 36.8 Å². The van der Waals surface area contributed by atoms with Crippen molar-refractivity contribution in [3.63, 3.8) is 0 Å². The van der Waals surface area contributed by atoms with Crippen molar-refractivity contribution in [2.24, 2.45) is 0 Å². The van der Waals surface area contributed by atoms with Crippen molar-refractivity contribution in [3.05, 3.63) is 88.6 Å². The molecular formula is C24H19FN2O5. The van der Waals surface area contributed by atoms with E-state index in [0.29, 0.717) is 28.2 Å². The standard InChI is InChI=1S/C24H19FN2O5/c1-14-17(7-5-8-18(14)23(29)31-2)21-11-10-16(32-21)12-20-22(28)27(24(30)26-20)13-15-6-3-4-9-19(15)25/h3-12H,13H2,1-2H3,(H,26,30)/b20-12-. The molecule has 4 rings (SSSR count). The Kier molecular flexibility index (Phi) is 5.59. The van der Waals surface area contributed by atoms with E-state index in [0.717, 1.165) is 4.90 Å². The van der Waals surface area contributed by atoms with E-state index in [1.165, 1.54) is 31.4 Å². The minimum atomic E-state index is -0.641. The SMILES string of the molecule is COC(=O)c1cccc(-c2ccc(/C=C3\NC(=O)N(Cc4ccccc4F)C3=O)o2)c1C. The summed E-state index contributed by atoms with van der Waals surface area (Å²) in [6.07, 6.45) is 1.41. The molecule has 0 spiro atoms. The van der Waals surface area contributed by atoms with E-state index in [4.69, 9.17) is 9.15 Å². The van der Waals surface area contributed by atoms with Gasteiger partial charge in [0.05, 0.1) is 19.2 Å². The number of hydrogen-bond acceptors (Lipinski definition) is 5. The molecule has 3 amide bonds. The molecule has 7 nitrogen and oxygen atoms in total. The zero-order chi connectivity index (χ0) is 22.8. The summed E-state index contributed by atoms with van der Waals surface area (Å²) in [7, 11) is 1.31. The minimum Gasteiger partial charge on any atom is -0.465 e. The fourth-order valence-corrected chi connectivity index (χ4v) is 3.46. The van der Waals surface area contributed by atoms with E-state index in [2.05, 4.69) is 5.32 Å². The maximum atomic E-state index is 13.9. The fourth-order valence-electron chi connectivity index (χ4n) is 3.46. The van der Waals surface area contributed by atoms with Crippen molar-refractivity contribution in [1.29, 1.82) is 0 Å². The maximum absolute atomic E-state index is 13.9. The maximum Gasteiger partial charge on any atom is 0.338 e. The molecule has 0 radical (unpaired) electrons. The Bertz CT molecular complexity index is 1260. The van der Waals surface area contributed by atoms with Crippen LogP contribution in [0.15, 0.2) is 64.7 Å². The van der Waals surface area contributed by atoms with Gasteiger partial charge in [0.25, 0.3) is 5.91 Å². The lowest BCUT2D eigenvalue weighted by atomic mass is 10.0. The lowest BCUT2D eigenvalue weighted by molar-refractivity contribution is -0.123. The molecule has 2 heterocycles. The van der Waals surface area contributed by atoms with E-state index in [1.54, 1.807) is 43.3 Å². The normalized spacial score (nSPS) is 14.7. The number of furan rings is 1. The van der Waals surface area contributed by atoms with Crippen molar-refractivity contribution in [1.82, 2.24) is 10.2 Å². The molecule has 162 valence electrons. The summed E-state index contributed by atoms with van der Waals surface area (Å²) in [5, 5.41) is 2.49. The molecule has 8 heteroatoms. The number of nitrogens with zero attached hydrogens (tertiary/aromatic N) is 1. The number of rotatable bonds is 5. The number of carbonyl (C=O) groups excluding carboxylic acids is 3. The second-order valence-corrected chi connectivity index (χ2v) is 7.14. The Hall–Kier alpha value is -4.20. The third-order valence-corrected chi connectivity index (χ3v) is 5.17. The lowest BCUT2D eigenvalue weighted by Crippen LogP contribution is -2.30. The molecular weight excluding hydrogens is 415 g/mol. The molecule has 0 unspecified atom stereocenters. The third kappa shape index (κ3) is 3.90. The number of methoxy groups -OCH3 is 1. The molecule has 2 aromatic carbocycles. The molecule has 1 aliphatic heterocycles. The quantitative estimate of drug-likeness (QED) is 0.368. The van der Waals surface area contributed by atoms with Gasteiger partial charge in [0.1, 0.15) is 23.0 Å². The monoisotopic (exact) mass is 434 g/mol. The predicted molar refractivity (Wildman–Crippen MR) is 114 cm³/mol. The van der Waals surface area contributed by atoms with E-state index < -0.39 is 23.7 Å². The lowest BCUT2D eigenvalue weighted by Gasteiger charge is -2.12. The number of benzene rings is 2. The molecule has 0 atom stereocenters. The largest absolute Gasteiger partial charge is 0.465 e. The number of urea groups is 1. The number of halogens is 1. The average Bonchev–Trinajstić information content (AvgIpc) is 3.35. The Balaban J connectivity index is 1.58. The van der Waals surface area contributed by atoms with Crippen LogP contribution < -0.4 is 5.32 Å². The molecule has 0 saturated carbocycles. The van der Waals surface area contributed by atoms with Crippen molar-refractivity contribution in [3.8, 4) is 11.3 Å². The first-order valence-electron chi connectivity index (χ1n) is 9.75. The van der Waals surface area contributed by atoms with E-state index >= 15 is 0 Å². The number of hydrogen-bond donors (Lipinski definition) is 1. The summed E-state index contributed by atoms with van der Waals surface area (Å²) in [5.74, 6) is -0.711. The first kappa shape index (κ1) is 21.0. The number of carbonyl (C=O) groups is 3. The summed E-state index contributed by atoms with van der Waals surface area (Å²) < 4.78 is 24.5. The molecule has 1 aromatic heterocycles. The third-order valence-electron chi connectivity index (χ3n) is 5.17. The first-order valence-corrected chi connectivity index (χ1v) is 9.75. The molecule has 1 aliphatic rings. The molecule has 1 saturated heterocycles. The van der Waals surface area contributed by atoms with Crippen LogP contribution in [-0.2, 0) is 16.1 Å². The number of amides is 3. The van der Waals surface area contributed by atoms with E-state index in [1.807, 2.05) is 0 Å². The summed E-state index contributed by atoms with van der Waals surface area (Å²) in [5.41, 5.74) is 2.06. The topological polar surface area (TPSA) is 88.9 Å². The minimum absolute atomic E-state index is 0.0206. The van der Waals surface area contributed by atoms with Gasteiger partial charge in [-0.2, -0.15) is 0 Å². The van der Waals surface area contributed by atoms with Gasteiger partial charge in [-0.15, -0.1) is 0 Å². The Morgan fingerprint density at radius 2 is 1.91 bits per heavy atom. The molecule has 0 aliphatic carbocycles. The van der Waals surface area contributed by atoms with Crippen LogP contribution in [0.4, 0.5) is 9.18 Å². The number of ether oxygens (including phenoxy) is 1. The van der Waals surface area contributed by atoms with Crippen LogP contribution in [0.3, 0.4) is 0 Å². The second-order valence-electron chi connectivity index (χ2n) is 7.14. The summed E-state index contributed by atoms with van der Waals surface area (Å²) in [6.45, 7) is 1.60. The van der Waals surface area contributed by atoms with Crippen LogP contribution in [0, 0.1) is 12.7 Å². The van der Waals surface area contributed by atoms with E-state index in [9.17, 15) is 18.8 Å². The van der Waals surface area contributed by atoms with Gasteiger partial charge in [-0.1, -0.05) is 30.3 Å². The van der Waals surface area contributed by atoms with Crippen LogP contribution in [0.25, 0.3) is 17.4 Å². The smallest absolute Gasteiger partial charge is 0.338 e. The summed E-state index contributed by atoms with van der Waals surface area (Å²) in [6, 6.07) is 13.8. The number of esters is 1. The van der Waals surface area contributed by atoms with Crippen LogP contribution in [0.5, 0.6) is 0 Å². The van der Waals surface area contributed by atoms with Gasteiger partial charge in [-0.25, -0.2) is 14.0 Å². The van der Waals surface area contributed by atoms with Gasteiger partial charge in [0.2, 0.25) is 0 Å². The molecule has 0 bridgehead atoms. The van der Waals surface area contributed by atoms with Crippen molar-refractivity contribution >= 4 is 24.0 Å². The molecule has 1 N–H and O–H groups in total. The van der Waals surface area contributed by atoms with Gasteiger partial charge in [-0.3, -0.25) is 9.69 Å². The fraction of sp³-hybridized carbons (Fsp3) is 0.125. The average molecular weight is 434 g/mol. The van der Waals surface area contributed by atoms with Gasteiger partial charge >= 0.3 is 12.0 Å².